The van der Waals surface area contributed by atoms with Crippen molar-refractivity contribution in [1.29, 1.82) is 0 Å². The minimum absolute atomic E-state index is 0.795. The highest BCUT2D eigenvalue weighted by Crippen LogP contribution is 2.25. The minimum atomic E-state index is 0.795. The normalized spacial score (nSPS) is 11.3. The Morgan fingerprint density at radius 1 is 0.421 bits per heavy atom. The fourth-order valence-electron chi connectivity index (χ4n) is 3.79. The minimum Gasteiger partial charge on any atom is -0.497 e. The molecule has 0 saturated heterocycles. The number of benzene rings is 4. The summed E-state index contributed by atoms with van der Waals surface area (Å²) in [6.07, 6.45) is 4.15. The lowest BCUT2D eigenvalue weighted by molar-refractivity contribution is 0.414. The molecule has 0 radical (unpaired) electrons. The third-order valence-electron chi connectivity index (χ3n) is 5.99. The van der Waals surface area contributed by atoms with Crippen molar-refractivity contribution in [2.24, 2.45) is 0 Å². The van der Waals surface area contributed by atoms with E-state index in [2.05, 4.69) is 24.0 Å². The predicted molar refractivity (Wildman–Crippen MR) is 155 cm³/mol. The summed E-state index contributed by atoms with van der Waals surface area (Å²) in [6, 6.07) is 31.7. The molecule has 38 heavy (non-hydrogen) atoms. The van der Waals surface area contributed by atoms with Gasteiger partial charge in [0.25, 0.3) is 0 Å². The number of ether oxygens (including phenoxy) is 4. The summed E-state index contributed by atoms with van der Waals surface area (Å²) in [5.74, 6) is 10.1. The van der Waals surface area contributed by atoms with E-state index in [1.807, 2.05) is 97.1 Å². The molecule has 0 fully saturated rings. The second-order valence-electron chi connectivity index (χ2n) is 8.37. The lowest BCUT2D eigenvalue weighted by atomic mass is 9.99. The average molecular weight is 503 g/mol. The Kier molecular flexibility index (Phi) is 8.89. The van der Waals surface area contributed by atoms with Crippen LogP contribution in [0.5, 0.6) is 23.0 Å². The van der Waals surface area contributed by atoms with E-state index < -0.39 is 0 Å². The molecule has 0 bridgehead atoms. The highest BCUT2D eigenvalue weighted by Gasteiger charge is 2.05. The first-order valence-electron chi connectivity index (χ1n) is 12.1. The summed E-state index contributed by atoms with van der Waals surface area (Å²) in [5.41, 5.74) is 5.80. The summed E-state index contributed by atoms with van der Waals surface area (Å²) in [7, 11) is 6.64. The van der Waals surface area contributed by atoms with Crippen LogP contribution in [-0.2, 0) is 0 Å². The van der Waals surface area contributed by atoms with Gasteiger partial charge in [-0.15, -0.1) is 0 Å². The average Bonchev–Trinajstić information content (AvgIpc) is 2.99. The van der Waals surface area contributed by atoms with Gasteiger partial charge in [-0.25, -0.2) is 0 Å². The predicted octanol–water partition coefficient (Wildman–Crippen LogP) is 7.51. The zero-order valence-corrected chi connectivity index (χ0v) is 22.0. The van der Waals surface area contributed by atoms with Crippen molar-refractivity contribution in [1.82, 2.24) is 0 Å². The molecule has 4 heteroatoms. The highest BCUT2D eigenvalue weighted by atomic mass is 16.5. The van der Waals surface area contributed by atoms with Crippen molar-refractivity contribution in [2.75, 3.05) is 28.4 Å². The van der Waals surface area contributed by atoms with Crippen LogP contribution in [0.4, 0.5) is 0 Å². The zero-order chi connectivity index (χ0) is 26.7. The third-order valence-corrected chi connectivity index (χ3v) is 5.99. The van der Waals surface area contributed by atoms with E-state index in [0.29, 0.717) is 0 Å². The molecule has 0 atom stereocenters. The second-order valence-corrected chi connectivity index (χ2v) is 8.37. The van der Waals surface area contributed by atoms with E-state index in [0.717, 1.165) is 56.4 Å². The van der Waals surface area contributed by atoms with E-state index in [9.17, 15) is 0 Å². The number of allylic oxidation sites excluding steroid dienone is 2. The maximum atomic E-state index is 5.35. The van der Waals surface area contributed by atoms with Crippen molar-refractivity contribution in [3.63, 3.8) is 0 Å². The van der Waals surface area contributed by atoms with Crippen LogP contribution in [0.15, 0.2) is 97.1 Å². The standard InChI is InChI=1S/C34H30O4/c1-35-31-15-5-25(6-16-31)23-29(27-11-19-33(37-3)20-12-27)9-10-30(28-13-21-34(38-4)22-14-28)24-26-7-17-32(36-2)18-8-26/h5-8,11-24H,1-4H3/b29-23+,30-24+. The number of hydrogen-bond acceptors (Lipinski definition) is 4. The van der Waals surface area contributed by atoms with Crippen LogP contribution in [0.25, 0.3) is 23.3 Å². The smallest absolute Gasteiger partial charge is 0.118 e. The van der Waals surface area contributed by atoms with Gasteiger partial charge in [-0.1, -0.05) is 60.4 Å². The molecule has 0 aromatic heterocycles. The molecule has 0 aliphatic rings. The molecule has 0 unspecified atom stereocenters. The first kappa shape index (κ1) is 26.2. The van der Waals surface area contributed by atoms with Gasteiger partial charge in [-0.05, 0) is 82.9 Å². The molecule has 0 amide bonds. The molecular weight excluding hydrogens is 472 g/mol. The Bertz CT molecular complexity index is 1340. The summed E-state index contributed by atoms with van der Waals surface area (Å²) >= 11 is 0. The van der Waals surface area contributed by atoms with Gasteiger partial charge in [0.1, 0.15) is 23.0 Å². The van der Waals surface area contributed by atoms with Crippen LogP contribution in [-0.4, -0.2) is 28.4 Å². The molecule has 190 valence electrons. The Morgan fingerprint density at radius 3 is 0.947 bits per heavy atom. The maximum absolute atomic E-state index is 5.35. The van der Waals surface area contributed by atoms with Gasteiger partial charge >= 0.3 is 0 Å². The number of rotatable bonds is 8. The lowest BCUT2D eigenvalue weighted by Crippen LogP contribution is -1.88. The van der Waals surface area contributed by atoms with Gasteiger partial charge in [0.15, 0.2) is 0 Å². The summed E-state index contributed by atoms with van der Waals surface area (Å²) in [4.78, 5) is 0. The molecule has 0 spiro atoms. The van der Waals surface area contributed by atoms with Crippen molar-refractivity contribution >= 4 is 23.3 Å². The molecule has 0 aliphatic carbocycles. The molecule has 4 aromatic rings. The molecule has 0 heterocycles. The molecule has 4 nitrogen and oxygen atoms in total. The fraction of sp³-hybridized carbons (Fsp3) is 0.118. The Morgan fingerprint density at radius 2 is 0.684 bits per heavy atom. The van der Waals surface area contributed by atoms with Crippen LogP contribution in [0.1, 0.15) is 22.3 Å². The molecule has 0 N–H and O–H groups in total. The van der Waals surface area contributed by atoms with Crippen LogP contribution < -0.4 is 18.9 Å². The first-order valence-corrected chi connectivity index (χ1v) is 12.1. The van der Waals surface area contributed by atoms with Gasteiger partial charge in [0.05, 0.1) is 28.4 Å². The topological polar surface area (TPSA) is 36.9 Å². The van der Waals surface area contributed by atoms with Crippen LogP contribution >= 0.6 is 0 Å². The summed E-state index contributed by atoms with van der Waals surface area (Å²) in [5, 5.41) is 0. The molecule has 4 rings (SSSR count). The zero-order valence-electron chi connectivity index (χ0n) is 22.0. The van der Waals surface area contributed by atoms with E-state index >= 15 is 0 Å². The highest BCUT2D eigenvalue weighted by molar-refractivity contribution is 5.97. The van der Waals surface area contributed by atoms with E-state index in [4.69, 9.17) is 18.9 Å². The number of methoxy groups -OCH3 is 4. The van der Waals surface area contributed by atoms with Gasteiger partial charge in [0.2, 0.25) is 0 Å². The first-order chi connectivity index (χ1) is 18.6. The number of hydrogen-bond donors (Lipinski definition) is 0. The van der Waals surface area contributed by atoms with Gasteiger partial charge < -0.3 is 18.9 Å². The Hall–Kier alpha value is -4.88. The molecule has 0 saturated carbocycles. The monoisotopic (exact) mass is 502 g/mol. The van der Waals surface area contributed by atoms with Gasteiger partial charge in [-0.3, -0.25) is 0 Å². The summed E-state index contributed by atoms with van der Waals surface area (Å²) < 4.78 is 21.3. The van der Waals surface area contributed by atoms with Gasteiger partial charge in [-0.2, -0.15) is 0 Å². The Balaban J connectivity index is 1.80. The van der Waals surface area contributed by atoms with Crippen molar-refractivity contribution in [3.05, 3.63) is 119 Å². The largest absolute Gasteiger partial charge is 0.497 e. The molecular formula is C34H30O4. The second kappa shape index (κ2) is 12.9. The van der Waals surface area contributed by atoms with Crippen molar-refractivity contribution in [2.45, 2.75) is 0 Å². The van der Waals surface area contributed by atoms with E-state index in [1.165, 1.54) is 0 Å². The van der Waals surface area contributed by atoms with Crippen LogP contribution in [0.2, 0.25) is 0 Å². The lowest BCUT2D eigenvalue weighted by Gasteiger charge is -2.06. The maximum Gasteiger partial charge on any atom is 0.118 e. The summed E-state index contributed by atoms with van der Waals surface area (Å²) in [6.45, 7) is 0. The molecule has 0 aliphatic heterocycles. The van der Waals surface area contributed by atoms with Crippen molar-refractivity contribution < 1.29 is 18.9 Å². The van der Waals surface area contributed by atoms with Crippen molar-refractivity contribution in [3.8, 4) is 34.8 Å². The van der Waals surface area contributed by atoms with E-state index in [-0.39, 0.29) is 0 Å². The third kappa shape index (κ3) is 6.87. The van der Waals surface area contributed by atoms with E-state index in [1.54, 1.807) is 28.4 Å². The SMILES string of the molecule is COc1ccc(/C=C(\C#C/C(=C\c2ccc(OC)cc2)c2ccc(OC)cc2)c2ccc(OC)cc2)cc1. The fourth-order valence-corrected chi connectivity index (χ4v) is 3.79. The van der Waals surface area contributed by atoms with Gasteiger partial charge in [0, 0.05) is 11.1 Å². The Labute approximate surface area is 224 Å². The van der Waals surface area contributed by atoms with Crippen LogP contribution in [0, 0.1) is 11.8 Å². The van der Waals surface area contributed by atoms with Crippen LogP contribution in [0.3, 0.4) is 0 Å². The molecule has 4 aromatic carbocycles. The quantitative estimate of drug-likeness (QED) is 0.185.